The van der Waals surface area contributed by atoms with E-state index in [0.29, 0.717) is 40.0 Å². The molecule has 0 saturated carbocycles. The van der Waals surface area contributed by atoms with Crippen molar-refractivity contribution in [3.05, 3.63) is 122 Å². The number of piperidine rings is 2. The zero-order valence-electron chi connectivity index (χ0n) is 36.5. The van der Waals surface area contributed by atoms with Crippen LogP contribution in [-0.4, -0.2) is 116 Å². The molecule has 14 heteroatoms. The van der Waals surface area contributed by atoms with E-state index in [-0.39, 0.29) is 24.2 Å². The Kier molecular flexibility index (Phi) is 11.8. The summed E-state index contributed by atoms with van der Waals surface area (Å²) in [5.41, 5.74) is 12.9. The molecule has 328 valence electrons. The average Bonchev–Trinajstić information content (AvgIpc) is 3.88. The number of pyridine rings is 1. The molecule has 3 aromatic heterocycles. The second-order valence-electron chi connectivity index (χ2n) is 18.5. The topological polar surface area (TPSA) is 129 Å². The van der Waals surface area contributed by atoms with Crippen molar-refractivity contribution in [2.45, 2.75) is 96.4 Å². The average molecular weight is 886 g/mol. The fourth-order valence-corrected chi connectivity index (χ4v) is 12.1. The van der Waals surface area contributed by atoms with Crippen LogP contribution in [0.3, 0.4) is 0 Å². The van der Waals surface area contributed by atoms with Crippen molar-refractivity contribution in [1.82, 2.24) is 34.4 Å². The number of carbonyl (C=O) groups is 2. The summed E-state index contributed by atoms with van der Waals surface area (Å²) < 4.78 is 2.11. The lowest BCUT2D eigenvalue weighted by molar-refractivity contribution is -0.133. The van der Waals surface area contributed by atoms with E-state index < -0.39 is 6.04 Å². The quantitative estimate of drug-likeness (QED) is 0.144. The summed E-state index contributed by atoms with van der Waals surface area (Å²) >= 11 is 8.02. The molecule has 1 amide bonds. The van der Waals surface area contributed by atoms with Gasteiger partial charge in [-0.1, -0.05) is 48.0 Å². The minimum atomic E-state index is -0.459. The van der Waals surface area contributed by atoms with E-state index in [1.165, 1.54) is 28.8 Å². The van der Waals surface area contributed by atoms with Crippen LogP contribution in [0.4, 0.5) is 5.82 Å². The predicted molar refractivity (Wildman–Crippen MR) is 250 cm³/mol. The number of carbonyl (C=O) groups excluding carboxylic acids is 2. The van der Waals surface area contributed by atoms with Crippen molar-refractivity contribution in [3.8, 4) is 5.00 Å². The summed E-state index contributed by atoms with van der Waals surface area (Å²) in [6.45, 7) is 13.8. The van der Waals surface area contributed by atoms with Gasteiger partial charge in [-0.25, -0.2) is 4.98 Å². The SMILES string of the molecule is Cc1sc2c(c1C)C(c1ccc(Cl)cc1)=N[C@@H](CC(=O)N1CCC(CN3CCN(Cc4ccc(C(=O)c5ccc(N6[C@@H]7CC[C@H]6C[C@@H](N)C7)nc5)cc4)CC3)CC1)c1nnc(C)n1-2. The van der Waals surface area contributed by atoms with Gasteiger partial charge >= 0.3 is 0 Å². The number of hydrogen-bond acceptors (Lipinski definition) is 11. The zero-order chi connectivity index (χ0) is 43.4. The number of aromatic nitrogens is 4. The standard InChI is InChI=1S/C49H57ClN10O2S/c1-30-31(2)63-49-45(30)46(35-8-11-38(50)12-9-35)53-42(48-55-54-32(3)59(48)49)26-44(61)58-18-16-34(17-19-58)29-57-22-20-56(21-23-57)28-33-4-6-36(7-5-33)47(62)37-10-15-43(52-27-37)60-40-13-14-41(60)25-39(51)24-40/h4-12,15,27,34,39-42H,13-14,16-26,28-29,51H2,1-3H3/t39-,40+,41-,42-/m0/s1. The smallest absolute Gasteiger partial charge is 0.225 e. The molecular weight excluding hydrogens is 828 g/mol. The van der Waals surface area contributed by atoms with Gasteiger partial charge in [0.25, 0.3) is 0 Å². The van der Waals surface area contributed by atoms with Gasteiger partial charge in [0.2, 0.25) is 5.91 Å². The van der Waals surface area contributed by atoms with E-state index >= 15 is 0 Å². The molecule has 63 heavy (non-hydrogen) atoms. The van der Waals surface area contributed by atoms with Gasteiger partial charge in [0.1, 0.15) is 22.7 Å². The van der Waals surface area contributed by atoms with Crippen LogP contribution in [0.1, 0.15) is 106 Å². The number of nitrogens with zero attached hydrogens (tertiary/aromatic N) is 9. The molecular formula is C49H57ClN10O2S. The van der Waals surface area contributed by atoms with Gasteiger partial charge in [-0.05, 0) is 101 Å². The van der Waals surface area contributed by atoms with Crippen LogP contribution in [0.25, 0.3) is 5.00 Å². The summed E-state index contributed by atoms with van der Waals surface area (Å²) in [4.78, 5) is 48.3. The Morgan fingerprint density at radius 2 is 1.49 bits per heavy atom. The summed E-state index contributed by atoms with van der Waals surface area (Å²) in [6, 6.07) is 20.6. The number of aryl methyl sites for hydroxylation is 2. The number of anilines is 1. The third kappa shape index (κ3) is 8.50. The number of nitrogens with two attached hydrogens (primary N) is 1. The number of halogens is 1. The molecule has 0 aliphatic carbocycles. The van der Waals surface area contributed by atoms with Crippen molar-refractivity contribution in [2.75, 3.05) is 50.7 Å². The first-order valence-electron chi connectivity index (χ1n) is 22.8. The summed E-state index contributed by atoms with van der Waals surface area (Å²) in [6.07, 6.45) is 8.36. The maximum atomic E-state index is 14.0. The molecule has 4 fully saturated rings. The fourth-order valence-electron chi connectivity index (χ4n) is 10.7. The summed E-state index contributed by atoms with van der Waals surface area (Å²) in [5.74, 6) is 3.17. The normalized spacial score (nSPS) is 23.0. The summed E-state index contributed by atoms with van der Waals surface area (Å²) in [7, 11) is 0. The van der Waals surface area contributed by atoms with Crippen molar-refractivity contribution >= 4 is 46.2 Å². The predicted octanol–water partition coefficient (Wildman–Crippen LogP) is 7.33. The van der Waals surface area contributed by atoms with Crippen molar-refractivity contribution in [3.63, 3.8) is 0 Å². The Balaban J connectivity index is 0.701. The van der Waals surface area contributed by atoms with Crippen LogP contribution >= 0.6 is 22.9 Å². The van der Waals surface area contributed by atoms with Gasteiger partial charge in [-0.2, -0.15) is 0 Å². The van der Waals surface area contributed by atoms with Crippen LogP contribution in [0.5, 0.6) is 0 Å². The van der Waals surface area contributed by atoms with Gasteiger partial charge in [-0.3, -0.25) is 24.0 Å². The molecule has 2 bridgehead atoms. The molecule has 0 unspecified atom stereocenters. The van der Waals surface area contributed by atoms with Crippen LogP contribution in [0.2, 0.25) is 5.02 Å². The molecule has 8 heterocycles. The first-order chi connectivity index (χ1) is 30.6. The van der Waals surface area contributed by atoms with Gasteiger partial charge < -0.3 is 20.4 Å². The molecule has 2 N–H and O–H groups in total. The Labute approximate surface area is 379 Å². The van der Waals surface area contributed by atoms with Crippen molar-refractivity contribution < 1.29 is 9.59 Å². The van der Waals surface area contributed by atoms with Gasteiger partial charge in [0, 0.05) is 109 Å². The van der Waals surface area contributed by atoms with E-state index in [0.717, 1.165) is 112 Å². The Bertz CT molecular complexity index is 2490. The van der Waals surface area contributed by atoms with Crippen LogP contribution in [0.15, 0.2) is 71.9 Å². The van der Waals surface area contributed by atoms with Crippen molar-refractivity contribution in [1.29, 1.82) is 0 Å². The minimum Gasteiger partial charge on any atom is -0.351 e. The van der Waals surface area contributed by atoms with E-state index in [2.05, 4.69) is 55.4 Å². The maximum absolute atomic E-state index is 14.0. The lowest BCUT2D eigenvalue weighted by Gasteiger charge is -2.39. The number of amides is 1. The van der Waals surface area contributed by atoms with Crippen molar-refractivity contribution in [2.24, 2.45) is 16.6 Å². The van der Waals surface area contributed by atoms with Crippen LogP contribution in [-0.2, 0) is 11.3 Å². The number of likely N-dealkylation sites (tertiary alicyclic amines) is 1. The number of ketones is 1. The van der Waals surface area contributed by atoms with Gasteiger partial charge in [0.05, 0.1) is 12.1 Å². The maximum Gasteiger partial charge on any atom is 0.225 e. The molecule has 12 nitrogen and oxygen atoms in total. The Morgan fingerprint density at radius 3 is 2.17 bits per heavy atom. The molecule has 4 saturated heterocycles. The second-order valence-corrected chi connectivity index (χ2v) is 20.1. The molecule has 5 aliphatic heterocycles. The first kappa shape index (κ1) is 42.2. The molecule has 5 aliphatic rings. The minimum absolute atomic E-state index is 0.00807. The highest BCUT2D eigenvalue weighted by atomic mass is 35.5. The van der Waals surface area contributed by atoms with Gasteiger partial charge in [-0.15, -0.1) is 21.5 Å². The first-order valence-corrected chi connectivity index (χ1v) is 24.0. The molecule has 0 radical (unpaired) electrons. The molecule has 5 aromatic rings. The van der Waals surface area contributed by atoms with Crippen LogP contribution in [0, 0.1) is 26.7 Å². The highest BCUT2D eigenvalue weighted by Crippen LogP contribution is 2.41. The molecule has 2 aromatic carbocycles. The monoisotopic (exact) mass is 884 g/mol. The van der Waals surface area contributed by atoms with E-state index in [9.17, 15) is 9.59 Å². The lowest BCUT2D eigenvalue weighted by Crippen LogP contribution is -2.48. The number of aliphatic imine (C=N–C) groups is 1. The third-order valence-electron chi connectivity index (χ3n) is 14.3. The molecule has 10 rings (SSSR count). The highest BCUT2D eigenvalue weighted by molar-refractivity contribution is 7.15. The molecule has 0 spiro atoms. The molecule has 4 atom stereocenters. The number of hydrogen-bond donors (Lipinski definition) is 1. The second kappa shape index (κ2) is 17.6. The number of benzene rings is 2. The van der Waals surface area contributed by atoms with Crippen LogP contribution < -0.4 is 10.6 Å². The van der Waals surface area contributed by atoms with E-state index in [1.807, 2.05) is 60.4 Å². The van der Waals surface area contributed by atoms with E-state index in [4.69, 9.17) is 27.3 Å². The number of thiophene rings is 1. The Morgan fingerprint density at radius 1 is 0.810 bits per heavy atom. The number of piperazine rings is 1. The zero-order valence-corrected chi connectivity index (χ0v) is 38.1. The summed E-state index contributed by atoms with van der Waals surface area (Å²) in [5, 5.41) is 10.8. The Hall–Kier alpha value is -4.79. The van der Waals surface area contributed by atoms with Gasteiger partial charge in [0.15, 0.2) is 11.6 Å². The third-order valence-corrected chi connectivity index (χ3v) is 15.8. The highest BCUT2D eigenvalue weighted by Gasteiger charge is 2.40. The van der Waals surface area contributed by atoms with E-state index in [1.54, 1.807) is 17.5 Å². The fraction of sp³-hybridized carbons (Fsp3) is 0.469. The number of fused-ring (bicyclic) bond motifs is 5. The lowest BCUT2D eigenvalue weighted by atomic mass is 9.95. The number of rotatable bonds is 10. The largest absolute Gasteiger partial charge is 0.351 e.